The summed E-state index contributed by atoms with van der Waals surface area (Å²) in [6.45, 7) is 3.76. The molecule has 2 heterocycles. The van der Waals surface area contributed by atoms with Gasteiger partial charge in [0.2, 0.25) is 5.91 Å². The van der Waals surface area contributed by atoms with E-state index in [1.165, 1.54) is 12.8 Å². The molecule has 6 nitrogen and oxygen atoms in total. The minimum Gasteiger partial charge on any atom is -0.369 e. The molecule has 3 rings (SSSR count). The molecule has 0 aromatic carbocycles. The van der Waals surface area contributed by atoms with Crippen LogP contribution in [0.5, 0.6) is 0 Å². The third-order valence-electron chi connectivity index (χ3n) is 3.74. The summed E-state index contributed by atoms with van der Waals surface area (Å²) in [5.41, 5.74) is 6.32. The first-order valence-corrected chi connectivity index (χ1v) is 6.81. The lowest BCUT2D eigenvalue weighted by Gasteiger charge is -2.34. The molecule has 2 aliphatic rings. The summed E-state index contributed by atoms with van der Waals surface area (Å²) in [5.74, 6) is 1.32. The number of hydrogen-bond donors (Lipinski definition) is 1. The highest BCUT2D eigenvalue weighted by atomic mass is 16.1. The molecule has 1 aliphatic carbocycles. The number of hydrogen-bond acceptors (Lipinski definition) is 5. The van der Waals surface area contributed by atoms with Crippen LogP contribution in [-0.2, 0) is 4.79 Å². The summed E-state index contributed by atoms with van der Waals surface area (Å²) < 4.78 is 0. The van der Waals surface area contributed by atoms with Gasteiger partial charge < -0.3 is 10.6 Å². The Morgan fingerprint density at radius 2 is 1.95 bits per heavy atom. The minimum atomic E-state index is -0.262. The first kappa shape index (κ1) is 12.3. The van der Waals surface area contributed by atoms with Crippen LogP contribution >= 0.6 is 0 Å². The van der Waals surface area contributed by atoms with Gasteiger partial charge in [-0.05, 0) is 25.0 Å². The summed E-state index contributed by atoms with van der Waals surface area (Å²) in [6.07, 6.45) is 2.50. The summed E-state index contributed by atoms with van der Waals surface area (Å²) in [7, 11) is 0. The Morgan fingerprint density at radius 1 is 1.21 bits per heavy atom. The predicted molar refractivity (Wildman–Crippen MR) is 71.9 cm³/mol. The number of primary amides is 1. The maximum Gasteiger partial charge on any atom is 0.231 e. The van der Waals surface area contributed by atoms with Crippen LogP contribution in [-0.4, -0.2) is 53.7 Å². The molecule has 1 saturated heterocycles. The van der Waals surface area contributed by atoms with Gasteiger partial charge in [0.15, 0.2) is 5.82 Å². The van der Waals surface area contributed by atoms with Crippen molar-refractivity contribution in [3.8, 4) is 0 Å². The second-order valence-electron chi connectivity index (χ2n) is 5.32. The minimum absolute atomic E-state index is 0.262. The number of nitrogens with two attached hydrogens (primary N) is 1. The Hall–Kier alpha value is -1.69. The van der Waals surface area contributed by atoms with Crippen LogP contribution < -0.4 is 10.6 Å². The Morgan fingerprint density at radius 3 is 2.47 bits per heavy atom. The standard InChI is InChI=1S/C13H19N5O/c14-12(19)9-17-5-7-18(8-6-17)13-4-3-11(15-16-13)10-1-2-10/h3-4,10H,1-2,5-9H2,(H2,14,19). The number of amides is 1. The smallest absolute Gasteiger partial charge is 0.231 e. The molecule has 0 spiro atoms. The first-order chi connectivity index (χ1) is 9.22. The van der Waals surface area contributed by atoms with E-state index in [9.17, 15) is 4.79 Å². The zero-order valence-corrected chi connectivity index (χ0v) is 11.0. The monoisotopic (exact) mass is 261 g/mol. The number of nitrogens with zero attached hydrogens (tertiary/aromatic N) is 4. The van der Waals surface area contributed by atoms with E-state index in [0.29, 0.717) is 12.5 Å². The van der Waals surface area contributed by atoms with Crippen LogP contribution in [0, 0.1) is 0 Å². The van der Waals surface area contributed by atoms with E-state index in [0.717, 1.165) is 37.7 Å². The van der Waals surface area contributed by atoms with Gasteiger partial charge in [-0.25, -0.2) is 0 Å². The molecule has 102 valence electrons. The fourth-order valence-corrected chi connectivity index (χ4v) is 2.46. The third-order valence-corrected chi connectivity index (χ3v) is 3.74. The van der Waals surface area contributed by atoms with Gasteiger partial charge in [0, 0.05) is 32.1 Å². The van der Waals surface area contributed by atoms with Crippen molar-refractivity contribution in [1.82, 2.24) is 15.1 Å². The average Bonchev–Trinajstić information content (AvgIpc) is 3.24. The van der Waals surface area contributed by atoms with Gasteiger partial charge in [-0.2, -0.15) is 5.10 Å². The van der Waals surface area contributed by atoms with Gasteiger partial charge in [0.05, 0.1) is 12.2 Å². The van der Waals surface area contributed by atoms with E-state index in [-0.39, 0.29) is 5.91 Å². The van der Waals surface area contributed by atoms with Crippen molar-refractivity contribution in [2.24, 2.45) is 5.73 Å². The van der Waals surface area contributed by atoms with E-state index in [1.54, 1.807) is 0 Å². The van der Waals surface area contributed by atoms with Crippen molar-refractivity contribution in [3.05, 3.63) is 17.8 Å². The van der Waals surface area contributed by atoms with Crippen molar-refractivity contribution < 1.29 is 4.79 Å². The van der Waals surface area contributed by atoms with Gasteiger partial charge >= 0.3 is 0 Å². The molecule has 1 aliphatic heterocycles. The van der Waals surface area contributed by atoms with Crippen LogP contribution in [0.1, 0.15) is 24.5 Å². The van der Waals surface area contributed by atoms with E-state index in [2.05, 4.69) is 32.1 Å². The molecule has 2 fully saturated rings. The molecular weight excluding hydrogens is 242 g/mol. The quantitative estimate of drug-likeness (QED) is 0.823. The Labute approximate surface area is 112 Å². The van der Waals surface area contributed by atoms with E-state index in [4.69, 9.17) is 5.73 Å². The zero-order valence-electron chi connectivity index (χ0n) is 11.0. The number of carbonyl (C=O) groups is 1. The number of rotatable bonds is 4. The number of aromatic nitrogens is 2. The second kappa shape index (κ2) is 5.13. The van der Waals surface area contributed by atoms with Crippen LogP contribution in [0.15, 0.2) is 12.1 Å². The summed E-state index contributed by atoms with van der Waals surface area (Å²) in [6, 6.07) is 4.15. The molecular formula is C13H19N5O. The lowest BCUT2D eigenvalue weighted by molar-refractivity contribution is -0.119. The van der Waals surface area contributed by atoms with Crippen LogP contribution in [0.25, 0.3) is 0 Å². The molecule has 6 heteroatoms. The molecule has 2 N–H and O–H groups in total. The fraction of sp³-hybridized carbons (Fsp3) is 0.615. The van der Waals surface area contributed by atoms with E-state index in [1.807, 2.05) is 0 Å². The predicted octanol–water partition coefficient (Wildman–Crippen LogP) is -0.0387. The van der Waals surface area contributed by atoms with Crippen molar-refractivity contribution in [2.45, 2.75) is 18.8 Å². The molecule has 1 aromatic rings. The number of anilines is 1. The molecule has 0 atom stereocenters. The van der Waals surface area contributed by atoms with Gasteiger partial charge in [0.25, 0.3) is 0 Å². The number of carbonyl (C=O) groups excluding carboxylic acids is 1. The molecule has 1 saturated carbocycles. The lowest BCUT2D eigenvalue weighted by atomic mass is 10.2. The van der Waals surface area contributed by atoms with Crippen molar-refractivity contribution in [1.29, 1.82) is 0 Å². The highest BCUT2D eigenvalue weighted by Gasteiger charge is 2.26. The van der Waals surface area contributed by atoms with E-state index < -0.39 is 0 Å². The van der Waals surface area contributed by atoms with Crippen molar-refractivity contribution >= 4 is 11.7 Å². The lowest BCUT2D eigenvalue weighted by Crippen LogP contribution is -2.49. The van der Waals surface area contributed by atoms with Crippen LogP contribution in [0.2, 0.25) is 0 Å². The fourth-order valence-electron chi connectivity index (χ4n) is 2.46. The summed E-state index contributed by atoms with van der Waals surface area (Å²) in [4.78, 5) is 15.2. The Bertz CT molecular complexity index is 449. The topological polar surface area (TPSA) is 75.4 Å². The number of piperazine rings is 1. The SMILES string of the molecule is NC(=O)CN1CCN(c2ccc(C3CC3)nn2)CC1. The third kappa shape index (κ3) is 3.01. The molecule has 0 radical (unpaired) electrons. The highest BCUT2D eigenvalue weighted by Crippen LogP contribution is 2.38. The summed E-state index contributed by atoms with van der Waals surface area (Å²) >= 11 is 0. The van der Waals surface area contributed by atoms with Gasteiger partial charge in [-0.3, -0.25) is 9.69 Å². The van der Waals surface area contributed by atoms with Crippen molar-refractivity contribution in [2.75, 3.05) is 37.6 Å². The van der Waals surface area contributed by atoms with Crippen LogP contribution in [0.4, 0.5) is 5.82 Å². The zero-order chi connectivity index (χ0) is 13.2. The molecule has 19 heavy (non-hydrogen) atoms. The maximum atomic E-state index is 10.9. The molecule has 1 aromatic heterocycles. The van der Waals surface area contributed by atoms with Gasteiger partial charge in [0.1, 0.15) is 0 Å². The van der Waals surface area contributed by atoms with E-state index >= 15 is 0 Å². The van der Waals surface area contributed by atoms with Crippen molar-refractivity contribution in [3.63, 3.8) is 0 Å². The van der Waals surface area contributed by atoms with Gasteiger partial charge in [-0.1, -0.05) is 0 Å². The first-order valence-electron chi connectivity index (χ1n) is 6.81. The Balaban J connectivity index is 1.56. The maximum absolute atomic E-state index is 10.9. The Kier molecular flexibility index (Phi) is 3.33. The average molecular weight is 261 g/mol. The summed E-state index contributed by atoms with van der Waals surface area (Å²) in [5, 5.41) is 8.62. The van der Waals surface area contributed by atoms with Crippen LogP contribution in [0.3, 0.4) is 0 Å². The van der Waals surface area contributed by atoms with Gasteiger partial charge in [-0.15, -0.1) is 5.10 Å². The normalized spacial score (nSPS) is 20.5. The highest BCUT2D eigenvalue weighted by molar-refractivity contribution is 5.75. The molecule has 0 unspecified atom stereocenters. The molecule has 1 amide bonds. The second-order valence-corrected chi connectivity index (χ2v) is 5.32. The largest absolute Gasteiger partial charge is 0.369 e. The molecule has 0 bridgehead atoms.